The second-order valence-corrected chi connectivity index (χ2v) is 9.43. The summed E-state index contributed by atoms with van der Waals surface area (Å²) in [6.07, 6.45) is 1.90. The molecular weight excluding hydrogens is 384 g/mol. The lowest BCUT2D eigenvalue weighted by Crippen LogP contribution is -2.53. The maximum atomic E-state index is 12.9. The molecule has 3 fully saturated rings. The van der Waals surface area contributed by atoms with Crippen LogP contribution in [0.25, 0.3) is 0 Å². The summed E-state index contributed by atoms with van der Waals surface area (Å²) in [5.41, 5.74) is 1.32. The van der Waals surface area contributed by atoms with Crippen LogP contribution in [0.3, 0.4) is 0 Å². The normalized spacial score (nSPS) is 24.1. The van der Waals surface area contributed by atoms with E-state index in [0.29, 0.717) is 6.54 Å². The van der Waals surface area contributed by atoms with Crippen molar-refractivity contribution < 1.29 is 9.59 Å². The van der Waals surface area contributed by atoms with Crippen LogP contribution in [0, 0.1) is 0 Å². The Morgan fingerprint density at radius 3 is 2.34 bits per heavy atom. The van der Waals surface area contributed by atoms with E-state index in [9.17, 15) is 9.59 Å². The van der Waals surface area contributed by atoms with Gasteiger partial charge in [-0.15, -0.1) is 0 Å². The number of nitrogens with zero attached hydrogens (tertiary/aromatic N) is 4. The van der Waals surface area contributed by atoms with E-state index in [2.05, 4.69) is 34.1 Å². The molecule has 3 aliphatic heterocycles. The van der Waals surface area contributed by atoms with Crippen LogP contribution in [0.1, 0.15) is 18.4 Å². The fourth-order valence-corrected chi connectivity index (χ4v) is 5.46. The third-order valence-corrected chi connectivity index (χ3v) is 7.23. The van der Waals surface area contributed by atoms with Crippen LogP contribution in [0.4, 0.5) is 0 Å². The third kappa shape index (κ3) is 5.32. The quantitative estimate of drug-likeness (QED) is 0.726. The van der Waals surface area contributed by atoms with Crippen LogP contribution in [0.15, 0.2) is 30.3 Å². The number of thioether (sulfide) groups is 1. The first-order valence-corrected chi connectivity index (χ1v) is 12.0. The summed E-state index contributed by atoms with van der Waals surface area (Å²) >= 11 is 1.92. The van der Waals surface area contributed by atoms with E-state index in [0.717, 1.165) is 76.7 Å². The van der Waals surface area contributed by atoms with E-state index in [-0.39, 0.29) is 17.9 Å². The topological polar surface area (TPSA) is 47.1 Å². The number of hydrogen-bond donors (Lipinski definition) is 0. The first kappa shape index (κ1) is 20.7. The Labute approximate surface area is 178 Å². The molecule has 4 rings (SSSR count). The standard InChI is InChI=1S/C22H32N4O2S/c27-21(24-11-9-23(10-12-24)17-19-5-2-1-3-6-19)18-26-8-4-7-20(26)22(28)25-13-15-29-16-14-25/h1-3,5-6,20H,4,7-18H2. The third-order valence-electron chi connectivity index (χ3n) is 6.28. The highest BCUT2D eigenvalue weighted by atomic mass is 32.2. The van der Waals surface area contributed by atoms with E-state index in [1.54, 1.807) is 0 Å². The molecule has 1 aromatic carbocycles. The zero-order chi connectivity index (χ0) is 20.1. The van der Waals surface area contributed by atoms with Crippen LogP contribution in [-0.2, 0) is 16.1 Å². The molecule has 1 aromatic rings. The van der Waals surface area contributed by atoms with Crippen molar-refractivity contribution >= 4 is 23.6 Å². The summed E-state index contributed by atoms with van der Waals surface area (Å²) in [6, 6.07) is 10.4. The lowest BCUT2D eigenvalue weighted by Gasteiger charge is -2.36. The number of likely N-dealkylation sites (tertiary alicyclic amines) is 1. The van der Waals surface area contributed by atoms with Crippen LogP contribution >= 0.6 is 11.8 Å². The minimum absolute atomic E-state index is 0.0959. The summed E-state index contributed by atoms with van der Waals surface area (Å²) in [5.74, 6) is 2.48. The zero-order valence-electron chi connectivity index (χ0n) is 17.2. The van der Waals surface area contributed by atoms with Gasteiger partial charge in [-0.05, 0) is 24.9 Å². The predicted molar refractivity (Wildman–Crippen MR) is 117 cm³/mol. The molecule has 2 amide bonds. The van der Waals surface area contributed by atoms with Gasteiger partial charge in [0.1, 0.15) is 0 Å². The largest absolute Gasteiger partial charge is 0.340 e. The first-order valence-electron chi connectivity index (χ1n) is 10.9. The van der Waals surface area contributed by atoms with Gasteiger partial charge >= 0.3 is 0 Å². The SMILES string of the molecule is O=C(CN1CCCC1C(=O)N1CCSCC1)N1CCN(Cc2ccccc2)CC1. The molecule has 0 radical (unpaired) electrons. The van der Waals surface area contributed by atoms with Crippen molar-refractivity contribution in [3.63, 3.8) is 0 Å². The van der Waals surface area contributed by atoms with E-state index in [4.69, 9.17) is 0 Å². The minimum Gasteiger partial charge on any atom is -0.340 e. The summed E-state index contributed by atoms with van der Waals surface area (Å²) in [7, 11) is 0. The summed E-state index contributed by atoms with van der Waals surface area (Å²) < 4.78 is 0. The molecule has 1 atom stereocenters. The molecule has 0 aliphatic carbocycles. The Bertz CT molecular complexity index is 687. The maximum absolute atomic E-state index is 12.9. The Morgan fingerprint density at radius 2 is 1.62 bits per heavy atom. The van der Waals surface area contributed by atoms with Crippen molar-refractivity contribution in [3.8, 4) is 0 Å². The molecular formula is C22H32N4O2S. The van der Waals surface area contributed by atoms with Crippen molar-refractivity contribution in [1.82, 2.24) is 19.6 Å². The van der Waals surface area contributed by atoms with Crippen molar-refractivity contribution in [2.75, 3.05) is 63.9 Å². The second kappa shape index (κ2) is 9.96. The Kier molecular flexibility index (Phi) is 7.11. The molecule has 3 saturated heterocycles. The van der Waals surface area contributed by atoms with Gasteiger partial charge in [0.25, 0.3) is 0 Å². The Hall–Kier alpha value is -1.57. The fraction of sp³-hybridized carbons (Fsp3) is 0.636. The van der Waals surface area contributed by atoms with E-state index >= 15 is 0 Å². The number of hydrogen-bond acceptors (Lipinski definition) is 5. The molecule has 0 N–H and O–H groups in total. The highest BCUT2D eigenvalue weighted by molar-refractivity contribution is 7.99. The van der Waals surface area contributed by atoms with Crippen LogP contribution in [-0.4, -0.2) is 101 Å². The molecule has 0 spiro atoms. The molecule has 3 aliphatic rings. The van der Waals surface area contributed by atoms with Crippen LogP contribution < -0.4 is 0 Å². The summed E-state index contributed by atoms with van der Waals surface area (Å²) in [6.45, 7) is 7.28. The molecule has 1 unspecified atom stereocenters. The molecule has 0 aromatic heterocycles. The number of benzene rings is 1. The van der Waals surface area contributed by atoms with Gasteiger partial charge in [0.15, 0.2) is 0 Å². The first-order chi connectivity index (χ1) is 14.2. The fourth-order valence-electron chi connectivity index (χ4n) is 4.56. The van der Waals surface area contributed by atoms with Gasteiger partial charge in [-0.2, -0.15) is 11.8 Å². The number of amides is 2. The number of piperazine rings is 1. The lowest BCUT2D eigenvalue weighted by atomic mass is 10.2. The van der Waals surface area contributed by atoms with Crippen molar-refractivity contribution in [1.29, 1.82) is 0 Å². The zero-order valence-corrected chi connectivity index (χ0v) is 18.0. The minimum atomic E-state index is -0.0959. The van der Waals surface area contributed by atoms with Gasteiger partial charge in [0, 0.05) is 57.3 Å². The molecule has 29 heavy (non-hydrogen) atoms. The highest BCUT2D eigenvalue weighted by Gasteiger charge is 2.36. The lowest BCUT2D eigenvalue weighted by molar-refractivity contribution is -0.139. The molecule has 6 nitrogen and oxygen atoms in total. The van der Waals surface area contributed by atoms with Gasteiger partial charge in [0.2, 0.25) is 11.8 Å². The monoisotopic (exact) mass is 416 g/mol. The molecule has 7 heteroatoms. The van der Waals surface area contributed by atoms with E-state index in [1.807, 2.05) is 27.6 Å². The highest BCUT2D eigenvalue weighted by Crippen LogP contribution is 2.21. The summed E-state index contributed by atoms with van der Waals surface area (Å²) in [4.78, 5) is 34.4. The van der Waals surface area contributed by atoms with Crippen molar-refractivity contribution in [2.24, 2.45) is 0 Å². The Balaban J connectivity index is 1.25. The molecule has 158 valence electrons. The van der Waals surface area contributed by atoms with Gasteiger partial charge in [-0.3, -0.25) is 19.4 Å². The van der Waals surface area contributed by atoms with Crippen LogP contribution in [0.5, 0.6) is 0 Å². The van der Waals surface area contributed by atoms with Gasteiger partial charge in [-0.25, -0.2) is 0 Å². The molecule has 0 saturated carbocycles. The predicted octanol–water partition coefficient (Wildman–Crippen LogP) is 1.37. The number of rotatable bonds is 5. The number of carbonyl (C=O) groups is 2. The average Bonchev–Trinajstić information content (AvgIpc) is 3.23. The van der Waals surface area contributed by atoms with E-state index in [1.165, 1.54) is 5.56 Å². The van der Waals surface area contributed by atoms with Gasteiger partial charge < -0.3 is 9.80 Å². The Morgan fingerprint density at radius 1 is 0.897 bits per heavy atom. The number of carbonyl (C=O) groups excluding carboxylic acids is 2. The maximum Gasteiger partial charge on any atom is 0.239 e. The second-order valence-electron chi connectivity index (χ2n) is 8.21. The van der Waals surface area contributed by atoms with Gasteiger partial charge in [-0.1, -0.05) is 30.3 Å². The molecule has 3 heterocycles. The van der Waals surface area contributed by atoms with Crippen molar-refractivity contribution in [2.45, 2.75) is 25.4 Å². The smallest absolute Gasteiger partial charge is 0.239 e. The average molecular weight is 417 g/mol. The molecule has 0 bridgehead atoms. The van der Waals surface area contributed by atoms with Gasteiger partial charge in [0.05, 0.1) is 12.6 Å². The van der Waals surface area contributed by atoms with Crippen LogP contribution in [0.2, 0.25) is 0 Å². The van der Waals surface area contributed by atoms with Crippen molar-refractivity contribution in [3.05, 3.63) is 35.9 Å². The summed E-state index contributed by atoms with van der Waals surface area (Å²) in [5, 5.41) is 0. The van der Waals surface area contributed by atoms with E-state index < -0.39 is 0 Å².